The smallest absolute Gasteiger partial charge is 0.0962 e. The van der Waals surface area contributed by atoms with Gasteiger partial charge in [0.05, 0.1) is 18.8 Å². The Bertz CT molecular complexity index is 303. The van der Waals surface area contributed by atoms with E-state index in [0.29, 0.717) is 18.6 Å². The summed E-state index contributed by atoms with van der Waals surface area (Å²) in [6.45, 7) is 9.26. The monoisotopic (exact) mass is 226 g/mol. The fourth-order valence-corrected chi connectivity index (χ4v) is 1.18. The molecule has 0 aliphatic heterocycles. The average Bonchev–Trinajstić information content (AvgIpc) is 2.63. The fourth-order valence-electron chi connectivity index (χ4n) is 1.18. The summed E-state index contributed by atoms with van der Waals surface area (Å²) in [5.41, 5.74) is 6.59. The van der Waals surface area contributed by atoms with Crippen LogP contribution in [-0.2, 0) is 17.8 Å². The van der Waals surface area contributed by atoms with E-state index in [4.69, 9.17) is 10.5 Å². The Hall–Kier alpha value is -0.940. The second-order valence-electron chi connectivity index (χ2n) is 5.10. The molecular formula is C11H22N4O. The number of hydrogen-bond acceptors (Lipinski definition) is 4. The number of aromatic nitrogens is 3. The van der Waals surface area contributed by atoms with Crippen LogP contribution < -0.4 is 5.73 Å². The van der Waals surface area contributed by atoms with Gasteiger partial charge in [0.1, 0.15) is 0 Å². The molecule has 1 heterocycles. The molecule has 16 heavy (non-hydrogen) atoms. The van der Waals surface area contributed by atoms with Crippen LogP contribution in [0.1, 0.15) is 32.9 Å². The molecule has 0 amide bonds. The third-order valence-corrected chi connectivity index (χ3v) is 2.26. The first-order valence-corrected chi connectivity index (χ1v) is 5.68. The van der Waals surface area contributed by atoms with Crippen LogP contribution in [0, 0.1) is 5.41 Å². The molecule has 0 atom stereocenters. The molecule has 0 aromatic carbocycles. The molecule has 1 aromatic heterocycles. The van der Waals surface area contributed by atoms with Crippen molar-refractivity contribution >= 4 is 0 Å². The Balaban J connectivity index is 2.11. The highest BCUT2D eigenvalue weighted by Gasteiger charge is 2.09. The standard InChI is InChI=1S/C11H22N4O/c1-11(2,3)4-6-16-7-5-15-9-10(8-12)13-14-15/h9H,4-8,12H2,1-3H3. The number of rotatable bonds is 6. The molecular weight excluding hydrogens is 204 g/mol. The SMILES string of the molecule is CC(C)(C)CCOCCn1cc(CN)nn1. The molecule has 5 heteroatoms. The molecule has 5 nitrogen and oxygen atoms in total. The molecule has 0 fully saturated rings. The molecule has 0 aliphatic carbocycles. The molecule has 1 aromatic rings. The van der Waals surface area contributed by atoms with E-state index in [1.807, 2.05) is 6.20 Å². The van der Waals surface area contributed by atoms with Crippen LogP contribution >= 0.6 is 0 Å². The van der Waals surface area contributed by atoms with E-state index < -0.39 is 0 Å². The van der Waals surface area contributed by atoms with Crippen molar-refractivity contribution in [3.63, 3.8) is 0 Å². The van der Waals surface area contributed by atoms with Crippen LogP contribution in [0.5, 0.6) is 0 Å². The summed E-state index contributed by atoms with van der Waals surface area (Å²) in [5, 5.41) is 7.85. The summed E-state index contributed by atoms with van der Waals surface area (Å²) in [7, 11) is 0. The number of nitrogens with zero attached hydrogens (tertiary/aromatic N) is 3. The van der Waals surface area contributed by atoms with Gasteiger partial charge >= 0.3 is 0 Å². The Morgan fingerprint density at radius 3 is 2.69 bits per heavy atom. The zero-order valence-corrected chi connectivity index (χ0v) is 10.4. The maximum atomic E-state index is 5.54. The van der Waals surface area contributed by atoms with E-state index in [1.165, 1.54) is 0 Å². The predicted octanol–water partition coefficient (Wildman–Crippen LogP) is 1.19. The second kappa shape index (κ2) is 5.96. The van der Waals surface area contributed by atoms with Gasteiger partial charge in [-0.2, -0.15) is 0 Å². The summed E-state index contributed by atoms with van der Waals surface area (Å²) in [6, 6.07) is 0. The lowest BCUT2D eigenvalue weighted by Crippen LogP contribution is -2.12. The first-order chi connectivity index (χ1) is 7.51. The third-order valence-electron chi connectivity index (χ3n) is 2.26. The van der Waals surface area contributed by atoms with E-state index in [9.17, 15) is 0 Å². The zero-order chi connectivity index (χ0) is 12.0. The highest BCUT2D eigenvalue weighted by molar-refractivity contribution is 4.90. The van der Waals surface area contributed by atoms with E-state index in [1.54, 1.807) is 4.68 Å². The van der Waals surface area contributed by atoms with Gasteiger partial charge in [-0.25, -0.2) is 4.68 Å². The van der Waals surface area contributed by atoms with Crippen molar-refractivity contribution in [3.05, 3.63) is 11.9 Å². The van der Waals surface area contributed by atoms with Crippen LogP contribution in [-0.4, -0.2) is 28.2 Å². The molecule has 0 aliphatic rings. The van der Waals surface area contributed by atoms with Gasteiger partial charge in [0.25, 0.3) is 0 Å². The first kappa shape index (κ1) is 13.1. The van der Waals surface area contributed by atoms with Gasteiger partial charge in [0.2, 0.25) is 0 Å². The lowest BCUT2D eigenvalue weighted by molar-refractivity contribution is 0.0996. The highest BCUT2D eigenvalue weighted by Crippen LogP contribution is 2.17. The second-order valence-corrected chi connectivity index (χ2v) is 5.10. The quantitative estimate of drug-likeness (QED) is 0.740. The summed E-state index contributed by atoms with van der Waals surface area (Å²) < 4.78 is 7.30. The maximum absolute atomic E-state index is 5.54. The molecule has 0 saturated carbocycles. The minimum absolute atomic E-state index is 0.333. The topological polar surface area (TPSA) is 66.0 Å². The Morgan fingerprint density at radius 2 is 2.12 bits per heavy atom. The van der Waals surface area contributed by atoms with Gasteiger partial charge < -0.3 is 10.5 Å². The average molecular weight is 226 g/mol. The van der Waals surface area contributed by atoms with Gasteiger partial charge in [0, 0.05) is 19.3 Å². The molecule has 0 spiro atoms. The Kier molecular flexibility index (Phi) is 4.89. The van der Waals surface area contributed by atoms with Gasteiger partial charge in [0.15, 0.2) is 0 Å². The number of hydrogen-bond donors (Lipinski definition) is 1. The van der Waals surface area contributed by atoms with Crippen LogP contribution in [0.25, 0.3) is 0 Å². The first-order valence-electron chi connectivity index (χ1n) is 5.68. The van der Waals surface area contributed by atoms with E-state index >= 15 is 0 Å². The van der Waals surface area contributed by atoms with Crippen molar-refractivity contribution in [1.29, 1.82) is 0 Å². The fraction of sp³-hybridized carbons (Fsp3) is 0.818. The molecule has 2 N–H and O–H groups in total. The maximum Gasteiger partial charge on any atom is 0.0962 e. The van der Waals surface area contributed by atoms with Gasteiger partial charge in [-0.3, -0.25) is 0 Å². The van der Waals surface area contributed by atoms with Crippen LogP contribution in [0.15, 0.2) is 6.20 Å². The highest BCUT2D eigenvalue weighted by atomic mass is 16.5. The third kappa shape index (κ3) is 5.23. The van der Waals surface area contributed by atoms with Gasteiger partial charge in [-0.1, -0.05) is 26.0 Å². The molecule has 0 saturated heterocycles. The molecule has 92 valence electrons. The van der Waals surface area contributed by atoms with Crippen LogP contribution in [0.2, 0.25) is 0 Å². The number of ether oxygens (including phenoxy) is 1. The number of nitrogens with two attached hydrogens (primary N) is 1. The van der Waals surface area contributed by atoms with Crippen LogP contribution in [0.3, 0.4) is 0 Å². The van der Waals surface area contributed by atoms with Crippen LogP contribution in [0.4, 0.5) is 0 Å². The Morgan fingerprint density at radius 1 is 1.38 bits per heavy atom. The van der Waals surface area contributed by atoms with Crippen molar-refractivity contribution in [2.45, 2.75) is 40.3 Å². The normalized spacial score (nSPS) is 12.0. The van der Waals surface area contributed by atoms with Crippen molar-refractivity contribution in [3.8, 4) is 0 Å². The van der Waals surface area contributed by atoms with Gasteiger partial charge in [-0.15, -0.1) is 5.10 Å². The molecule has 0 bridgehead atoms. The minimum Gasteiger partial charge on any atom is -0.380 e. The minimum atomic E-state index is 0.333. The molecule has 1 rings (SSSR count). The van der Waals surface area contributed by atoms with Crippen molar-refractivity contribution < 1.29 is 4.74 Å². The lowest BCUT2D eigenvalue weighted by atomic mass is 9.93. The summed E-state index contributed by atoms with van der Waals surface area (Å²) >= 11 is 0. The van der Waals surface area contributed by atoms with Crippen molar-refractivity contribution in [2.75, 3.05) is 13.2 Å². The van der Waals surface area contributed by atoms with Crippen molar-refractivity contribution in [1.82, 2.24) is 15.0 Å². The summed E-state index contributed by atoms with van der Waals surface area (Å²) in [6.07, 6.45) is 2.92. The van der Waals surface area contributed by atoms with E-state index in [0.717, 1.165) is 25.3 Å². The summed E-state index contributed by atoms with van der Waals surface area (Å²) in [4.78, 5) is 0. The predicted molar refractivity (Wildman–Crippen MR) is 62.8 cm³/mol. The van der Waals surface area contributed by atoms with Gasteiger partial charge in [-0.05, 0) is 11.8 Å². The summed E-state index contributed by atoms with van der Waals surface area (Å²) in [5.74, 6) is 0. The van der Waals surface area contributed by atoms with Crippen molar-refractivity contribution in [2.24, 2.45) is 11.1 Å². The van der Waals surface area contributed by atoms with E-state index in [-0.39, 0.29) is 0 Å². The zero-order valence-electron chi connectivity index (χ0n) is 10.4. The van der Waals surface area contributed by atoms with E-state index in [2.05, 4.69) is 31.1 Å². The largest absolute Gasteiger partial charge is 0.380 e. The Labute approximate surface area is 97.0 Å². The molecule has 0 radical (unpaired) electrons. The molecule has 0 unspecified atom stereocenters. The lowest BCUT2D eigenvalue weighted by Gasteiger charge is -2.17.